The number of hydrogen-bond donors (Lipinski definition) is 0. The van der Waals surface area contributed by atoms with Gasteiger partial charge >= 0.3 is 0 Å². The van der Waals surface area contributed by atoms with Gasteiger partial charge in [0.15, 0.2) is 0 Å². The van der Waals surface area contributed by atoms with Crippen LogP contribution in [0.15, 0.2) is 66.4 Å². The van der Waals surface area contributed by atoms with E-state index in [4.69, 9.17) is 0 Å². The molecule has 0 aromatic heterocycles. The Hall–Kier alpha value is -2.73. The molecule has 3 heteroatoms. The fraction of sp³-hybridized carbons (Fsp3) is 0.400. The summed E-state index contributed by atoms with van der Waals surface area (Å²) in [6.45, 7) is 17.1. The first-order valence-electron chi connectivity index (χ1n) is 10.0. The molecule has 1 aliphatic rings. The van der Waals surface area contributed by atoms with E-state index in [2.05, 4.69) is 101 Å². The first-order chi connectivity index (χ1) is 13.3. The summed E-state index contributed by atoms with van der Waals surface area (Å²) in [6, 6.07) is 8.44. The summed E-state index contributed by atoms with van der Waals surface area (Å²) in [7, 11) is 2.12. The largest absolute Gasteiger partial charge is 0.372 e. The Morgan fingerprint density at radius 2 is 1.93 bits per heavy atom. The van der Waals surface area contributed by atoms with Crippen molar-refractivity contribution in [3.8, 4) is 6.07 Å². The molecule has 148 valence electrons. The smallest absolute Gasteiger partial charge is 0.0991 e. The van der Waals surface area contributed by atoms with Crippen LogP contribution in [0.4, 0.5) is 5.69 Å². The van der Waals surface area contributed by atoms with Crippen LogP contribution in [0.1, 0.15) is 45.7 Å². The molecular weight excluding hydrogens is 342 g/mol. The molecule has 0 saturated heterocycles. The quantitative estimate of drug-likeness (QED) is 0.584. The van der Waals surface area contributed by atoms with Gasteiger partial charge < -0.3 is 9.80 Å². The zero-order valence-electron chi connectivity index (χ0n) is 18.2. The van der Waals surface area contributed by atoms with Crippen molar-refractivity contribution in [2.24, 2.45) is 0 Å². The summed E-state index contributed by atoms with van der Waals surface area (Å²) in [5.41, 5.74) is 5.25. The third kappa shape index (κ3) is 4.22. The van der Waals surface area contributed by atoms with Crippen LogP contribution in [0.2, 0.25) is 0 Å². The van der Waals surface area contributed by atoms with Crippen molar-refractivity contribution >= 4 is 5.69 Å². The second kappa shape index (κ2) is 8.97. The molecule has 0 N–H and O–H groups in total. The molecule has 3 nitrogen and oxygen atoms in total. The van der Waals surface area contributed by atoms with E-state index in [0.29, 0.717) is 5.56 Å². The monoisotopic (exact) mass is 375 g/mol. The molecule has 0 saturated carbocycles. The molecule has 0 radical (unpaired) electrons. The Balaban J connectivity index is 2.19. The van der Waals surface area contributed by atoms with E-state index in [9.17, 15) is 5.26 Å². The van der Waals surface area contributed by atoms with Crippen LogP contribution in [-0.4, -0.2) is 31.1 Å². The Morgan fingerprint density at radius 3 is 2.50 bits per heavy atom. The fourth-order valence-electron chi connectivity index (χ4n) is 4.03. The van der Waals surface area contributed by atoms with E-state index in [1.165, 1.54) is 16.9 Å². The minimum atomic E-state index is -0.0763. The lowest BCUT2D eigenvalue weighted by Gasteiger charge is -2.29. The Labute approximate surface area is 171 Å². The summed E-state index contributed by atoms with van der Waals surface area (Å²) in [5.74, 6) is 0. The second-order valence-electron chi connectivity index (χ2n) is 7.77. The van der Waals surface area contributed by atoms with Gasteiger partial charge in [0, 0.05) is 36.9 Å². The highest BCUT2D eigenvalue weighted by atomic mass is 15.2. The average Bonchev–Trinajstić information content (AvgIpc) is 2.88. The van der Waals surface area contributed by atoms with E-state index in [1.54, 1.807) is 0 Å². The summed E-state index contributed by atoms with van der Waals surface area (Å²) >= 11 is 0. The molecule has 1 aliphatic heterocycles. The van der Waals surface area contributed by atoms with Gasteiger partial charge in [-0.2, -0.15) is 5.26 Å². The predicted octanol–water partition coefficient (Wildman–Crippen LogP) is 5.57. The third-order valence-corrected chi connectivity index (χ3v) is 5.74. The summed E-state index contributed by atoms with van der Waals surface area (Å²) < 4.78 is 0. The van der Waals surface area contributed by atoms with Crippen LogP contribution in [0, 0.1) is 11.3 Å². The van der Waals surface area contributed by atoms with Gasteiger partial charge in [-0.15, -0.1) is 0 Å². The highest BCUT2D eigenvalue weighted by Gasteiger charge is 2.41. The van der Waals surface area contributed by atoms with Gasteiger partial charge in [-0.3, -0.25) is 0 Å². The van der Waals surface area contributed by atoms with Crippen LogP contribution in [-0.2, 0) is 5.41 Å². The molecule has 1 atom stereocenters. The first kappa shape index (κ1) is 21.6. The standard InChI is InChI=1S/C25H33N3/c1-8-21(28(9-2)10-3)14-11-19(4)12-16-24-25(5,6)22-17-20(18-26)13-15-23(22)27(24)7/h8,11-17,24H,4,9-10H2,1-3,5-7H3/b14-11-,16-12+,21-8+/t24-/m1/s1. The fourth-order valence-corrected chi connectivity index (χ4v) is 4.03. The van der Waals surface area contributed by atoms with Crippen molar-refractivity contribution in [1.29, 1.82) is 5.26 Å². The number of fused-ring (bicyclic) bond motifs is 1. The SMILES string of the molecule is C=C(/C=C\C(=C/C)N(CC)CC)/C=C/[C@H]1N(C)c2ccc(C#N)cc2C1(C)C. The molecule has 2 rings (SSSR count). The lowest BCUT2D eigenvalue weighted by Crippen LogP contribution is -2.37. The molecule has 0 unspecified atom stereocenters. The maximum Gasteiger partial charge on any atom is 0.0991 e. The average molecular weight is 376 g/mol. The minimum Gasteiger partial charge on any atom is -0.372 e. The number of rotatable bonds is 7. The van der Waals surface area contributed by atoms with Gasteiger partial charge in [-0.05, 0) is 56.2 Å². The predicted molar refractivity (Wildman–Crippen MR) is 120 cm³/mol. The highest BCUT2D eigenvalue weighted by molar-refractivity contribution is 5.66. The number of hydrogen-bond acceptors (Lipinski definition) is 3. The number of benzene rings is 1. The van der Waals surface area contributed by atoms with E-state index >= 15 is 0 Å². The molecule has 1 heterocycles. The Bertz CT molecular complexity index is 845. The zero-order valence-corrected chi connectivity index (χ0v) is 18.2. The normalized spacial score (nSPS) is 18.5. The van der Waals surface area contributed by atoms with Crippen molar-refractivity contribution in [2.45, 2.75) is 46.1 Å². The van der Waals surface area contributed by atoms with Crippen molar-refractivity contribution in [1.82, 2.24) is 4.90 Å². The molecule has 0 spiro atoms. The van der Waals surface area contributed by atoms with E-state index in [-0.39, 0.29) is 11.5 Å². The van der Waals surface area contributed by atoms with E-state index in [0.717, 1.165) is 18.7 Å². The highest BCUT2D eigenvalue weighted by Crippen LogP contribution is 2.45. The van der Waals surface area contributed by atoms with Gasteiger partial charge in [-0.25, -0.2) is 0 Å². The summed E-state index contributed by atoms with van der Waals surface area (Å²) in [4.78, 5) is 4.61. The number of allylic oxidation sites excluding steroid dienone is 5. The number of anilines is 1. The molecule has 0 amide bonds. The van der Waals surface area contributed by atoms with Gasteiger partial charge in [0.05, 0.1) is 17.7 Å². The lowest BCUT2D eigenvalue weighted by molar-refractivity contribution is 0.394. The van der Waals surface area contributed by atoms with Gasteiger partial charge in [0.25, 0.3) is 0 Å². The maximum atomic E-state index is 9.24. The number of nitriles is 1. The van der Waals surface area contributed by atoms with E-state index in [1.807, 2.05) is 12.1 Å². The zero-order chi connectivity index (χ0) is 20.9. The molecule has 0 aliphatic carbocycles. The lowest BCUT2D eigenvalue weighted by atomic mass is 9.80. The minimum absolute atomic E-state index is 0.0763. The topological polar surface area (TPSA) is 30.3 Å². The van der Waals surface area contributed by atoms with Crippen molar-refractivity contribution < 1.29 is 0 Å². The van der Waals surface area contributed by atoms with Crippen LogP contribution in [0.3, 0.4) is 0 Å². The van der Waals surface area contributed by atoms with Gasteiger partial charge in [0.1, 0.15) is 0 Å². The maximum absolute atomic E-state index is 9.24. The van der Waals surface area contributed by atoms with Crippen LogP contribution >= 0.6 is 0 Å². The molecule has 0 bridgehead atoms. The molecule has 0 fully saturated rings. The molecule has 1 aromatic rings. The summed E-state index contributed by atoms with van der Waals surface area (Å²) in [5, 5.41) is 9.24. The third-order valence-electron chi connectivity index (χ3n) is 5.74. The Kier molecular flexibility index (Phi) is 6.91. The van der Waals surface area contributed by atoms with Crippen molar-refractivity contribution in [2.75, 3.05) is 25.0 Å². The van der Waals surface area contributed by atoms with Crippen molar-refractivity contribution in [3.63, 3.8) is 0 Å². The van der Waals surface area contributed by atoms with E-state index < -0.39 is 0 Å². The van der Waals surface area contributed by atoms with Crippen LogP contribution < -0.4 is 4.90 Å². The van der Waals surface area contributed by atoms with Crippen LogP contribution in [0.5, 0.6) is 0 Å². The number of nitrogens with zero attached hydrogens (tertiary/aromatic N) is 3. The second-order valence-corrected chi connectivity index (χ2v) is 7.77. The number of likely N-dealkylation sites (N-methyl/N-ethyl adjacent to an activating group) is 2. The first-order valence-corrected chi connectivity index (χ1v) is 10.0. The molecular formula is C25H33N3. The van der Waals surface area contributed by atoms with Crippen LogP contribution in [0.25, 0.3) is 0 Å². The van der Waals surface area contributed by atoms with Gasteiger partial charge in [0.2, 0.25) is 0 Å². The summed E-state index contributed by atoms with van der Waals surface area (Å²) in [6.07, 6.45) is 10.7. The molecule has 1 aromatic carbocycles. The van der Waals surface area contributed by atoms with Crippen molar-refractivity contribution in [3.05, 3.63) is 77.6 Å². The van der Waals surface area contributed by atoms with Gasteiger partial charge in [-0.1, -0.05) is 44.7 Å². The Morgan fingerprint density at radius 1 is 1.25 bits per heavy atom. The molecule has 28 heavy (non-hydrogen) atoms.